The van der Waals surface area contributed by atoms with Gasteiger partial charge < -0.3 is 10.1 Å². The number of nitrogens with zero attached hydrogens (tertiary/aromatic N) is 5. The van der Waals surface area contributed by atoms with Crippen LogP contribution in [0.15, 0.2) is 49.1 Å². The summed E-state index contributed by atoms with van der Waals surface area (Å²) in [6.45, 7) is 2.80. The van der Waals surface area contributed by atoms with E-state index in [2.05, 4.69) is 25.6 Å². The first kappa shape index (κ1) is 14.9. The maximum atomic E-state index is 5.97. The van der Waals surface area contributed by atoms with Crippen molar-refractivity contribution >= 4 is 0 Å². The highest BCUT2D eigenvalue weighted by molar-refractivity contribution is 5.60. The molecule has 3 aromatic heterocycles. The van der Waals surface area contributed by atoms with Gasteiger partial charge in [-0.05, 0) is 29.8 Å². The second-order valence-corrected chi connectivity index (χ2v) is 5.72. The van der Waals surface area contributed by atoms with E-state index < -0.39 is 0 Å². The Labute approximate surface area is 139 Å². The molecule has 0 amide bonds. The van der Waals surface area contributed by atoms with Gasteiger partial charge in [-0.15, -0.1) is 5.10 Å². The Balaban J connectivity index is 1.37. The van der Waals surface area contributed by atoms with Gasteiger partial charge in [-0.3, -0.25) is 9.97 Å². The Morgan fingerprint density at radius 3 is 2.62 bits per heavy atom. The molecule has 0 fully saturated rings. The Bertz CT molecular complexity index is 789. The summed E-state index contributed by atoms with van der Waals surface area (Å²) in [6.07, 6.45) is 7.21. The van der Waals surface area contributed by atoms with Crippen molar-refractivity contribution in [1.82, 2.24) is 30.3 Å². The van der Waals surface area contributed by atoms with Gasteiger partial charge in [-0.25, -0.2) is 4.68 Å². The van der Waals surface area contributed by atoms with E-state index in [4.69, 9.17) is 4.74 Å². The van der Waals surface area contributed by atoms with Crippen LogP contribution in [0, 0.1) is 0 Å². The van der Waals surface area contributed by atoms with E-state index in [0.29, 0.717) is 13.2 Å². The van der Waals surface area contributed by atoms with Crippen LogP contribution in [-0.4, -0.2) is 37.6 Å². The molecule has 4 rings (SSSR count). The highest BCUT2D eigenvalue weighted by Crippen LogP contribution is 2.24. The number of ether oxygens (including phenoxy) is 1. The van der Waals surface area contributed by atoms with E-state index in [1.54, 1.807) is 24.8 Å². The van der Waals surface area contributed by atoms with Crippen molar-refractivity contribution in [2.75, 3.05) is 6.54 Å². The molecule has 24 heavy (non-hydrogen) atoms. The van der Waals surface area contributed by atoms with Crippen LogP contribution in [0.2, 0.25) is 0 Å². The van der Waals surface area contributed by atoms with E-state index in [1.165, 1.54) is 5.56 Å². The van der Waals surface area contributed by atoms with Gasteiger partial charge in [-0.2, -0.15) is 0 Å². The van der Waals surface area contributed by atoms with Crippen LogP contribution in [0.25, 0.3) is 11.3 Å². The smallest absolute Gasteiger partial charge is 0.118 e. The van der Waals surface area contributed by atoms with E-state index in [1.807, 2.05) is 28.9 Å². The van der Waals surface area contributed by atoms with Gasteiger partial charge in [0.05, 0.1) is 24.9 Å². The molecule has 1 atom stereocenters. The molecule has 122 valence electrons. The fourth-order valence-corrected chi connectivity index (χ4v) is 2.80. The van der Waals surface area contributed by atoms with Gasteiger partial charge in [0.1, 0.15) is 5.69 Å². The van der Waals surface area contributed by atoms with Crippen LogP contribution in [0.3, 0.4) is 0 Å². The van der Waals surface area contributed by atoms with Gasteiger partial charge in [-0.1, -0.05) is 5.21 Å². The van der Waals surface area contributed by atoms with Gasteiger partial charge in [0, 0.05) is 43.4 Å². The minimum Gasteiger partial charge on any atom is -0.369 e. The van der Waals surface area contributed by atoms with Gasteiger partial charge >= 0.3 is 0 Å². The quantitative estimate of drug-likeness (QED) is 0.765. The van der Waals surface area contributed by atoms with Crippen molar-refractivity contribution in [3.63, 3.8) is 0 Å². The number of aromatic nitrogens is 5. The number of hydrogen-bond acceptors (Lipinski definition) is 6. The van der Waals surface area contributed by atoms with Gasteiger partial charge in [0.25, 0.3) is 0 Å². The summed E-state index contributed by atoms with van der Waals surface area (Å²) in [5.74, 6) is 0. The van der Waals surface area contributed by atoms with Crippen molar-refractivity contribution in [2.45, 2.75) is 25.8 Å². The average Bonchev–Trinajstić information content (AvgIpc) is 3.07. The highest BCUT2D eigenvalue weighted by Gasteiger charge is 2.24. The minimum atomic E-state index is 0.0892. The van der Waals surface area contributed by atoms with E-state index >= 15 is 0 Å². The van der Waals surface area contributed by atoms with Crippen LogP contribution >= 0.6 is 0 Å². The SMILES string of the molecule is c1cc(CNCC2Cn3nnc(-c4ccncc4)c3CO2)ccn1. The average molecular weight is 322 g/mol. The molecule has 0 bridgehead atoms. The summed E-state index contributed by atoms with van der Waals surface area (Å²) >= 11 is 0. The number of rotatable bonds is 5. The number of fused-ring (bicyclic) bond motifs is 1. The number of pyridine rings is 2. The predicted octanol–water partition coefficient (Wildman–Crippen LogP) is 1.42. The Morgan fingerprint density at radius 1 is 1.08 bits per heavy atom. The molecule has 0 saturated carbocycles. The van der Waals surface area contributed by atoms with Crippen molar-refractivity contribution in [3.8, 4) is 11.3 Å². The van der Waals surface area contributed by atoms with Gasteiger partial charge in [0.2, 0.25) is 0 Å². The molecule has 0 spiro atoms. The zero-order valence-corrected chi connectivity index (χ0v) is 13.2. The molecule has 1 unspecified atom stereocenters. The van der Waals surface area contributed by atoms with E-state index in [9.17, 15) is 0 Å². The maximum Gasteiger partial charge on any atom is 0.118 e. The van der Waals surface area contributed by atoms with Crippen molar-refractivity contribution in [2.24, 2.45) is 0 Å². The third-order valence-corrected chi connectivity index (χ3v) is 4.07. The summed E-state index contributed by atoms with van der Waals surface area (Å²) in [4.78, 5) is 8.06. The Hall–Kier alpha value is -2.64. The number of hydrogen-bond donors (Lipinski definition) is 1. The van der Waals surface area contributed by atoms with Crippen molar-refractivity contribution < 1.29 is 4.74 Å². The summed E-state index contributed by atoms with van der Waals surface area (Å²) in [5.41, 5.74) is 4.12. The third kappa shape index (κ3) is 3.17. The molecule has 0 aliphatic carbocycles. The van der Waals surface area contributed by atoms with E-state index in [0.717, 1.165) is 30.0 Å². The second kappa shape index (κ2) is 6.86. The number of nitrogens with one attached hydrogen (secondary N) is 1. The van der Waals surface area contributed by atoms with Gasteiger partial charge in [0.15, 0.2) is 0 Å². The fraction of sp³-hybridized carbons (Fsp3) is 0.294. The Kier molecular flexibility index (Phi) is 4.26. The lowest BCUT2D eigenvalue weighted by Crippen LogP contribution is -2.36. The topological polar surface area (TPSA) is 77.8 Å². The lowest BCUT2D eigenvalue weighted by Gasteiger charge is -2.24. The first-order valence-electron chi connectivity index (χ1n) is 7.94. The standard InChI is InChI=1S/C17H18N6O/c1-5-18-6-2-13(1)9-20-10-15-11-23-16(12-24-15)17(21-22-23)14-3-7-19-8-4-14/h1-8,15,20H,9-12H2. The van der Waals surface area contributed by atoms with Crippen LogP contribution in [0.5, 0.6) is 0 Å². The molecule has 0 aromatic carbocycles. The first-order chi connectivity index (χ1) is 11.9. The molecular weight excluding hydrogens is 304 g/mol. The van der Waals surface area contributed by atoms with E-state index in [-0.39, 0.29) is 6.10 Å². The predicted molar refractivity (Wildman–Crippen MR) is 87.8 cm³/mol. The lowest BCUT2D eigenvalue weighted by atomic mass is 10.1. The molecule has 1 N–H and O–H groups in total. The third-order valence-electron chi connectivity index (χ3n) is 4.07. The molecule has 3 aromatic rings. The molecule has 7 nitrogen and oxygen atoms in total. The van der Waals surface area contributed by atoms with Crippen molar-refractivity contribution in [1.29, 1.82) is 0 Å². The monoisotopic (exact) mass is 322 g/mol. The van der Waals surface area contributed by atoms with Crippen LogP contribution in [0.1, 0.15) is 11.3 Å². The lowest BCUT2D eigenvalue weighted by molar-refractivity contribution is 0.00125. The molecule has 7 heteroatoms. The first-order valence-corrected chi connectivity index (χ1v) is 7.94. The Morgan fingerprint density at radius 2 is 1.83 bits per heavy atom. The van der Waals surface area contributed by atoms with Crippen LogP contribution in [0.4, 0.5) is 0 Å². The minimum absolute atomic E-state index is 0.0892. The van der Waals surface area contributed by atoms with Crippen LogP contribution < -0.4 is 5.32 Å². The molecule has 0 saturated heterocycles. The summed E-state index contributed by atoms with van der Waals surface area (Å²) < 4.78 is 7.91. The molecule has 0 radical (unpaired) electrons. The normalized spacial score (nSPS) is 16.8. The van der Waals surface area contributed by atoms with Crippen molar-refractivity contribution in [3.05, 3.63) is 60.3 Å². The summed E-state index contributed by atoms with van der Waals surface area (Å²) in [6, 6.07) is 7.89. The second-order valence-electron chi connectivity index (χ2n) is 5.72. The zero-order valence-electron chi connectivity index (χ0n) is 13.2. The summed E-state index contributed by atoms with van der Waals surface area (Å²) in [5, 5.41) is 12.0. The molecule has 4 heterocycles. The van der Waals surface area contributed by atoms with Crippen LogP contribution in [-0.2, 0) is 24.4 Å². The zero-order chi connectivity index (χ0) is 16.2. The molecular formula is C17H18N6O. The molecule has 1 aliphatic heterocycles. The largest absolute Gasteiger partial charge is 0.369 e. The summed E-state index contributed by atoms with van der Waals surface area (Å²) in [7, 11) is 0. The molecule has 1 aliphatic rings. The fourth-order valence-electron chi connectivity index (χ4n) is 2.80. The maximum absolute atomic E-state index is 5.97. The highest BCUT2D eigenvalue weighted by atomic mass is 16.5.